The SMILES string of the molecule is Cc1nccn1-c1ccc(CNC(=O)Cc2ccc(S(=O)(=O)N3CCCC3)s2)cc1F. The van der Waals surface area contributed by atoms with Crippen molar-refractivity contribution in [3.63, 3.8) is 0 Å². The lowest BCUT2D eigenvalue weighted by atomic mass is 10.2. The van der Waals surface area contributed by atoms with Gasteiger partial charge >= 0.3 is 0 Å². The number of sulfonamides is 1. The molecule has 1 aromatic carbocycles. The summed E-state index contributed by atoms with van der Waals surface area (Å²) < 4.78 is 43.1. The number of thiophene rings is 1. The number of hydrogen-bond acceptors (Lipinski definition) is 5. The summed E-state index contributed by atoms with van der Waals surface area (Å²) >= 11 is 1.12. The predicted octanol–water partition coefficient (Wildman–Crippen LogP) is 3.02. The molecule has 31 heavy (non-hydrogen) atoms. The van der Waals surface area contributed by atoms with Gasteiger partial charge in [-0.25, -0.2) is 17.8 Å². The Bertz CT molecular complexity index is 1200. The summed E-state index contributed by atoms with van der Waals surface area (Å²) in [5.41, 5.74) is 1.03. The van der Waals surface area contributed by atoms with E-state index in [9.17, 15) is 17.6 Å². The number of rotatable bonds is 7. The number of aryl methyl sites for hydroxylation is 1. The van der Waals surface area contributed by atoms with Crippen LogP contribution in [-0.4, -0.2) is 41.3 Å². The number of aromatic nitrogens is 2. The fourth-order valence-corrected chi connectivity index (χ4v) is 6.58. The van der Waals surface area contributed by atoms with Crippen molar-refractivity contribution in [1.82, 2.24) is 19.2 Å². The number of amides is 1. The number of benzene rings is 1. The highest BCUT2D eigenvalue weighted by molar-refractivity contribution is 7.91. The van der Waals surface area contributed by atoms with Crippen LogP contribution in [0.4, 0.5) is 4.39 Å². The first-order valence-electron chi connectivity index (χ1n) is 9.99. The van der Waals surface area contributed by atoms with Crippen LogP contribution in [-0.2, 0) is 27.8 Å². The van der Waals surface area contributed by atoms with Crippen molar-refractivity contribution < 1.29 is 17.6 Å². The summed E-state index contributed by atoms with van der Waals surface area (Å²) in [6, 6.07) is 8.04. The number of carbonyl (C=O) groups is 1. The molecule has 164 valence electrons. The number of nitrogens with one attached hydrogen (secondary N) is 1. The molecule has 1 N–H and O–H groups in total. The fourth-order valence-electron chi connectivity index (χ4n) is 3.56. The molecule has 1 fully saturated rings. The van der Waals surface area contributed by atoms with E-state index in [-0.39, 0.29) is 23.1 Å². The first-order valence-corrected chi connectivity index (χ1v) is 12.2. The zero-order chi connectivity index (χ0) is 22.0. The largest absolute Gasteiger partial charge is 0.352 e. The summed E-state index contributed by atoms with van der Waals surface area (Å²) in [7, 11) is -3.47. The van der Waals surface area contributed by atoms with Gasteiger partial charge in [-0.15, -0.1) is 11.3 Å². The molecule has 0 saturated carbocycles. The van der Waals surface area contributed by atoms with Gasteiger partial charge in [0.2, 0.25) is 5.91 Å². The maximum atomic E-state index is 14.5. The molecule has 3 aromatic rings. The highest BCUT2D eigenvalue weighted by Crippen LogP contribution is 2.27. The first kappa shape index (κ1) is 21.7. The zero-order valence-corrected chi connectivity index (χ0v) is 18.7. The number of carbonyl (C=O) groups excluding carboxylic acids is 1. The van der Waals surface area contributed by atoms with Gasteiger partial charge in [0.25, 0.3) is 10.0 Å². The quantitative estimate of drug-likeness (QED) is 0.585. The fraction of sp³-hybridized carbons (Fsp3) is 0.333. The second kappa shape index (κ2) is 8.89. The molecule has 2 aromatic heterocycles. The topological polar surface area (TPSA) is 84.3 Å². The van der Waals surface area contributed by atoms with E-state index >= 15 is 0 Å². The molecule has 0 radical (unpaired) electrons. The predicted molar refractivity (Wildman–Crippen MR) is 116 cm³/mol. The van der Waals surface area contributed by atoms with E-state index in [1.807, 2.05) is 0 Å². The van der Waals surface area contributed by atoms with Crippen molar-refractivity contribution in [1.29, 1.82) is 0 Å². The van der Waals surface area contributed by atoms with Crippen molar-refractivity contribution in [2.24, 2.45) is 0 Å². The minimum atomic E-state index is -3.47. The number of halogens is 1. The number of hydrogen-bond donors (Lipinski definition) is 1. The summed E-state index contributed by atoms with van der Waals surface area (Å²) in [4.78, 5) is 17.1. The van der Waals surface area contributed by atoms with Crippen molar-refractivity contribution in [3.05, 3.63) is 64.8 Å². The third-order valence-electron chi connectivity index (χ3n) is 5.22. The van der Waals surface area contributed by atoms with Gasteiger partial charge in [0.05, 0.1) is 12.1 Å². The number of imidazole rings is 1. The minimum absolute atomic E-state index is 0.0784. The third kappa shape index (κ3) is 4.70. The standard InChI is InChI=1S/C21H23FN4O3S2/c1-15-23-8-11-26(15)19-6-4-16(12-18(19)22)14-24-20(27)13-17-5-7-21(30-17)31(28,29)25-9-2-3-10-25/h4-8,11-12H,2-3,9-10,13-14H2,1H3,(H,24,27). The first-order chi connectivity index (χ1) is 14.8. The lowest BCUT2D eigenvalue weighted by Crippen LogP contribution is -2.27. The normalized spacial score (nSPS) is 14.8. The van der Waals surface area contributed by atoms with Crippen LogP contribution in [0.15, 0.2) is 46.9 Å². The molecule has 7 nitrogen and oxygen atoms in total. The van der Waals surface area contributed by atoms with Gasteiger partial charge < -0.3 is 9.88 Å². The molecule has 0 bridgehead atoms. The third-order valence-corrected chi connectivity index (χ3v) is 8.67. The van der Waals surface area contributed by atoms with E-state index < -0.39 is 15.8 Å². The van der Waals surface area contributed by atoms with E-state index in [1.54, 1.807) is 48.1 Å². The molecule has 1 saturated heterocycles. The highest BCUT2D eigenvalue weighted by Gasteiger charge is 2.28. The Morgan fingerprint density at radius 1 is 1.23 bits per heavy atom. The van der Waals surface area contributed by atoms with Crippen LogP contribution in [0.1, 0.15) is 29.1 Å². The number of nitrogens with zero attached hydrogens (tertiary/aromatic N) is 3. The lowest BCUT2D eigenvalue weighted by molar-refractivity contribution is -0.120. The van der Waals surface area contributed by atoms with Crippen molar-refractivity contribution in [2.45, 2.75) is 36.9 Å². The highest BCUT2D eigenvalue weighted by atomic mass is 32.2. The van der Waals surface area contributed by atoms with Crippen LogP contribution in [0.25, 0.3) is 5.69 Å². The van der Waals surface area contributed by atoms with Crippen LogP contribution in [0, 0.1) is 12.7 Å². The summed E-state index contributed by atoms with van der Waals surface area (Å²) in [6.07, 6.45) is 5.13. The lowest BCUT2D eigenvalue weighted by Gasteiger charge is -2.13. The van der Waals surface area contributed by atoms with Crippen molar-refractivity contribution in [3.8, 4) is 5.69 Å². The van der Waals surface area contributed by atoms with Crippen LogP contribution in [0.3, 0.4) is 0 Å². The Hall–Kier alpha value is -2.56. The summed E-state index contributed by atoms with van der Waals surface area (Å²) in [6.45, 7) is 3.07. The molecule has 0 atom stereocenters. The van der Waals surface area contributed by atoms with E-state index in [2.05, 4.69) is 10.3 Å². The van der Waals surface area contributed by atoms with Crippen LogP contribution in [0.2, 0.25) is 0 Å². The Balaban J connectivity index is 1.35. The van der Waals surface area contributed by atoms with Gasteiger partial charge in [0.1, 0.15) is 15.9 Å². The Morgan fingerprint density at radius 2 is 2.00 bits per heavy atom. The van der Waals surface area contributed by atoms with Gasteiger partial charge in [0.15, 0.2) is 0 Å². The maximum Gasteiger partial charge on any atom is 0.252 e. The maximum absolute atomic E-state index is 14.5. The summed E-state index contributed by atoms with van der Waals surface area (Å²) in [5.74, 6) is 0.0341. The monoisotopic (exact) mass is 462 g/mol. The van der Waals surface area contributed by atoms with Gasteiger partial charge in [-0.05, 0) is 49.6 Å². The second-order valence-electron chi connectivity index (χ2n) is 7.42. The molecule has 0 unspecified atom stereocenters. The van der Waals surface area contributed by atoms with E-state index in [0.717, 1.165) is 24.2 Å². The van der Waals surface area contributed by atoms with Crippen molar-refractivity contribution in [2.75, 3.05) is 13.1 Å². The average Bonchev–Trinajstić information content (AvgIpc) is 3.49. The van der Waals surface area contributed by atoms with E-state index in [1.165, 1.54) is 10.4 Å². The van der Waals surface area contributed by atoms with Crippen molar-refractivity contribution >= 4 is 27.3 Å². The van der Waals surface area contributed by atoms with E-state index in [4.69, 9.17) is 0 Å². The molecule has 1 aliphatic rings. The minimum Gasteiger partial charge on any atom is -0.352 e. The molecule has 1 amide bonds. The second-order valence-corrected chi connectivity index (χ2v) is 10.7. The molecule has 3 heterocycles. The van der Waals surface area contributed by atoms with Crippen LogP contribution < -0.4 is 5.32 Å². The van der Waals surface area contributed by atoms with Gasteiger partial charge in [-0.2, -0.15) is 4.31 Å². The average molecular weight is 463 g/mol. The van der Waals surface area contributed by atoms with E-state index in [0.29, 0.717) is 35.0 Å². The Morgan fingerprint density at radius 3 is 2.68 bits per heavy atom. The molecule has 4 rings (SSSR count). The molecule has 1 aliphatic heterocycles. The van der Waals surface area contributed by atoms with Crippen LogP contribution >= 0.6 is 11.3 Å². The molecule has 10 heteroatoms. The Kier molecular flexibility index (Phi) is 6.22. The van der Waals surface area contributed by atoms with Gasteiger partial charge in [-0.3, -0.25) is 4.79 Å². The molecular weight excluding hydrogens is 439 g/mol. The smallest absolute Gasteiger partial charge is 0.252 e. The van der Waals surface area contributed by atoms with Gasteiger partial charge in [0, 0.05) is 36.9 Å². The van der Waals surface area contributed by atoms with Crippen LogP contribution in [0.5, 0.6) is 0 Å². The Labute approximate surface area is 184 Å². The molecular formula is C21H23FN4O3S2. The zero-order valence-electron chi connectivity index (χ0n) is 17.0. The molecule has 0 aliphatic carbocycles. The summed E-state index contributed by atoms with van der Waals surface area (Å²) in [5, 5.41) is 2.77. The van der Waals surface area contributed by atoms with Gasteiger partial charge in [-0.1, -0.05) is 6.07 Å². The molecule has 0 spiro atoms.